The molecule has 0 aliphatic carbocycles. The van der Waals surface area contributed by atoms with E-state index in [0.717, 1.165) is 23.8 Å². The van der Waals surface area contributed by atoms with Crippen molar-refractivity contribution in [1.29, 1.82) is 0 Å². The molecule has 2 aliphatic heterocycles. The third kappa shape index (κ3) is 4.45. The van der Waals surface area contributed by atoms with Crippen molar-refractivity contribution < 1.29 is 0 Å². The smallest absolute Gasteiger partial charge is 0.0144 e. The molecule has 0 aromatic rings. The molecule has 2 saturated heterocycles. The van der Waals surface area contributed by atoms with Gasteiger partial charge in [-0.25, -0.2) is 0 Å². The Kier molecular flexibility index (Phi) is 5.76. The molecule has 0 aromatic heterocycles. The normalized spacial score (nSPS) is 33.6. The molecule has 21 heavy (non-hydrogen) atoms. The molecule has 0 radical (unpaired) electrons. The summed E-state index contributed by atoms with van der Waals surface area (Å²) in [5.41, 5.74) is 0.425. The van der Waals surface area contributed by atoms with Crippen LogP contribution in [-0.4, -0.2) is 49.1 Å². The molecule has 2 heterocycles. The number of likely N-dealkylation sites (tertiary alicyclic amines) is 2. The van der Waals surface area contributed by atoms with Crippen molar-refractivity contribution in [3.63, 3.8) is 0 Å². The second-order valence-electron chi connectivity index (χ2n) is 9.09. The average molecular weight is 295 g/mol. The summed E-state index contributed by atoms with van der Waals surface area (Å²) in [7, 11) is 2.31. The van der Waals surface area contributed by atoms with Crippen LogP contribution in [0.2, 0.25) is 0 Å². The average Bonchev–Trinajstić information content (AvgIpc) is 2.37. The quantitative estimate of drug-likeness (QED) is 0.773. The molecule has 2 heteroatoms. The zero-order valence-electron chi connectivity index (χ0n) is 15.4. The molecule has 0 amide bonds. The maximum Gasteiger partial charge on any atom is 0.0144 e. The number of rotatable bonds is 3. The van der Waals surface area contributed by atoms with E-state index in [4.69, 9.17) is 0 Å². The van der Waals surface area contributed by atoms with Crippen LogP contribution < -0.4 is 0 Å². The molecule has 0 aromatic carbocycles. The lowest BCUT2D eigenvalue weighted by Gasteiger charge is -2.48. The van der Waals surface area contributed by atoms with Crippen molar-refractivity contribution >= 4 is 0 Å². The zero-order valence-corrected chi connectivity index (χ0v) is 15.4. The maximum atomic E-state index is 2.85. The van der Waals surface area contributed by atoms with Gasteiger partial charge in [-0.3, -0.25) is 4.90 Å². The molecular weight excluding hydrogens is 256 g/mol. The molecule has 124 valence electrons. The van der Waals surface area contributed by atoms with Gasteiger partial charge in [-0.1, -0.05) is 41.0 Å². The highest BCUT2D eigenvalue weighted by atomic mass is 15.2. The molecule has 2 aliphatic rings. The summed E-state index contributed by atoms with van der Waals surface area (Å²) in [5.74, 6) is 2.62. The predicted octanol–water partition coefficient (Wildman–Crippen LogP) is 4.11. The highest BCUT2D eigenvalue weighted by molar-refractivity contribution is 4.90. The lowest BCUT2D eigenvalue weighted by atomic mass is 9.76. The highest BCUT2D eigenvalue weighted by Gasteiger charge is 2.36. The van der Waals surface area contributed by atoms with Crippen LogP contribution >= 0.6 is 0 Å². The lowest BCUT2D eigenvalue weighted by molar-refractivity contribution is 0.0139. The topological polar surface area (TPSA) is 6.48 Å². The third-order valence-electron chi connectivity index (χ3n) is 5.93. The fraction of sp³-hybridized carbons (Fsp3) is 1.00. The molecule has 2 rings (SSSR count). The Balaban J connectivity index is 2.05. The lowest BCUT2D eigenvalue weighted by Crippen LogP contribution is -2.52. The van der Waals surface area contributed by atoms with E-state index in [2.05, 4.69) is 51.5 Å². The number of hydrogen-bond donors (Lipinski definition) is 0. The summed E-state index contributed by atoms with van der Waals surface area (Å²) in [6, 6.07) is 0.784. The first-order valence-corrected chi connectivity index (χ1v) is 9.21. The molecule has 3 atom stereocenters. The van der Waals surface area contributed by atoms with Crippen molar-refractivity contribution in [2.75, 3.05) is 33.2 Å². The monoisotopic (exact) mass is 294 g/mol. The minimum absolute atomic E-state index is 0.425. The number of hydrogen-bond acceptors (Lipinski definition) is 2. The first-order valence-electron chi connectivity index (χ1n) is 9.21. The minimum atomic E-state index is 0.425. The van der Waals surface area contributed by atoms with Crippen molar-refractivity contribution in [1.82, 2.24) is 9.80 Å². The van der Waals surface area contributed by atoms with Crippen molar-refractivity contribution in [3.8, 4) is 0 Å². The predicted molar refractivity (Wildman–Crippen MR) is 92.6 cm³/mol. The Bertz CT molecular complexity index is 318. The Morgan fingerprint density at radius 3 is 2.38 bits per heavy atom. The summed E-state index contributed by atoms with van der Waals surface area (Å²) >= 11 is 0. The Morgan fingerprint density at radius 1 is 1.05 bits per heavy atom. The van der Waals surface area contributed by atoms with Crippen LogP contribution in [0.5, 0.6) is 0 Å². The summed E-state index contributed by atoms with van der Waals surface area (Å²) in [6.45, 7) is 17.4. The van der Waals surface area contributed by atoms with E-state index in [1.165, 1.54) is 51.9 Å². The highest BCUT2D eigenvalue weighted by Crippen LogP contribution is 2.35. The van der Waals surface area contributed by atoms with Gasteiger partial charge in [0.25, 0.3) is 0 Å². The van der Waals surface area contributed by atoms with Gasteiger partial charge in [-0.15, -0.1) is 0 Å². The van der Waals surface area contributed by atoms with Crippen LogP contribution in [0.25, 0.3) is 0 Å². The summed E-state index contributed by atoms with van der Waals surface area (Å²) in [5, 5.41) is 0. The maximum absolute atomic E-state index is 2.85. The van der Waals surface area contributed by atoms with E-state index < -0.39 is 0 Å². The van der Waals surface area contributed by atoms with Crippen molar-refractivity contribution in [3.05, 3.63) is 0 Å². The molecule has 0 bridgehead atoms. The van der Waals surface area contributed by atoms with Gasteiger partial charge in [0.1, 0.15) is 0 Å². The zero-order chi connectivity index (χ0) is 15.6. The van der Waals surface area contributed by atoms with Gasteiger partial charge in [0.05, 0.1) is 0 Å². The van der Waals surface area contributed by atoms with Gasteiger partial charge >= 0.3 is 0 Å². The second-order valence-corrected chi connectivity index (χ2v) is 9.09. The van der Waals surface area contributed by atoms with Crippen molar-refractivity contribution in [2.24, 2.45) is 23.2 Å². The summed E-state index contributed by atoms with van der Waals surface area (Å²) < 4.78 is 0. The third-order valence-corrected chi connectivity index (χ3v) is 5.93. The summed E-state index contributed by atoms with van der Waals surface area (Å²) in [4.78, 5) is 5.41. The number of piperidine rings is 2. The van der Waals surface area contributed by atoms with Gasteiger partial charge in [-0.2, -0.15) is 0 Å². The van der Waals surface area contributed by atoms with E-state index in [0.29, 0.717) is 5.41 Å². The fourth-order valence-electron chi connectivity index (χ4n) is 4.79. The minimum Gasteiger partial charge on any atom is -0.306 e. The molecule has 2 nitrogen and oxygen atoms in total. The van der Waals surface area contributed by atoms with Gasteiger partial charge in [0.2, 0.25) is 0 Å². The van der Waals surface area contributed by atoms with Crippen LogP contribution in [0.3, 0.4) is 0 Å². The van der Waals surface area contributed by atoms with Crippen LogP contribution in [0.1, 0.15) is 60.3 Å². The Labute approximate surface area is 133 Å². The van der Waals surface area contributed by atoms with Gasteiger partial charge in [-0.05, 0) is 62.6 Å². The van der Waals surface area contributed by atoms with Crippen LogP contribution in [0.4, 0.5) is 0 Å². The van der Waals surface area contributed by atoms with Gasteiger partial charge < -0.3 is 4.90 Å². The standard InChI is InChI=1S/C19H38N2/c1-15(2)17-10-12-20(6)13-16(17)14-21-11-8-7-9-18(21)19(3,4)5/h15-18H,7-14H2,1-6H3. The Hall–Kier alpha value is -0.0800. The SMILES string of the molecule is CC(C)C1CCN(C)CC1CN1CCCCC1C(C)(C)C. The summed E-state index contributed by atoms with van der Waals surface area (Å²) in [6.07, 6.45) is 5.63. The van der Waals surface area contributed by atoms with E-state index in [1.807, 2.05) is 0 Å². The molecular formula is C19H38N2. The molecule has 2 fully saturated rings. The van der Waals surface area contributed by atoms with E-state index in [-0.39, 0.29) is 0 Å². The van der Waals surface area contributed by atoms with E-state index >= 15 is 0 Å². The fourth-order valence-corrected chi connectivity index (χ4v) is 4.79. The van der Waals surface area contributed by atoms with Gasteiger partial charge in [0, 0.05) is 19.1 Å². The number of nitrogens with zero attached hydrogens (tertiary/aromatic N) is 2. The van der Waals surface area contributed by atoms with Crippen molar-refractivity contribution in [2.45, 2.75) is 66.3 Å². The molecule has 0 saturated carbocycles. The van der Waals surface area contributed by atoms with E-state index in [1.54, 1.807) is 0 Å². The molecule has 0 spiro atoms. The second kappa shape index (κ2) is 7.00. The van der Waals surface area contributed by atoms with Crippen LogP contribution in [-0.2, 0) is 0 Å². The van der Waals surface area contributed by atoms with E-state index in [9.17, 15) is 0 Å². The van der Waals surface area contributed by atoms with Crippen LogP contribution in [0, 0.1) is 23.2 Å². The van der Waals surface area contributed by atoms with Gasteiger partial charge in [0.15, 0.2) is 0 Å². The van der Waals surface area contributed by atoms with Crippen LogP contribution in [0.15, 0.2) is 0 Å². The molecule has 3 unspecified atom stereocenters. The molecule has 0 N–H and O–H groups in total. The first kappa shape index (κ1) is 17.3. The first-order chi connectivity index (χ1) is 9.79. The largest absolute Gasteiger partial charge is 0.306 e. The Morgan fingerprint density at radius 2 is 1.76 bits per heavy atom.